The fraction of sp³-hybridized carbons (Fsp3) is 0.818. The second-order valence-electron chi connectivity index (χ2n) is 4.27. The van der Waals surface area contributed by atoms with Gasteiger partial charge in [-0.1, -0.05) is 6.92 Å². The van der Waals surface area contributed by atoms with Crippen LogP contribution < -0.4 is 0 Å². The highest BCUT2D eigenvalue weighted by Gasteiger charge is 2.25. The van der Waals surface area contributed by atoms with E-state index < -0.39 is 12.6 Å². The number of carboxylic acids is 1. The first-order valence-electron chi connectivity index (χ1n) is 5.82. The first-order valence-corrected chi connectivity index (χ1v) is 5.82. The van der Waals surface area contributed by atoms with Gasteiger partial charge in [0, 0.05) is 25.7 Å². The normalized spacial score (nSPS) is 21.5. The number of ether oxygens (including phenoxy) is 1. The molecule has 0 radical (unpaired) electrons. The molecule has 1 rings (SSSR count). The molecule has 0 saturated carbocycles. The van der Waals surface area contributed by atoms with Crippen molar-refractivity contribution in [1.29, 1.82) is 0 Å². The van der Waals surface area contributed by atoms with Gasteiger partial charge in [-0.15, -0.1) is 0 Å². The lowest BCUT2D eigenvalue weighted by atomic mass is 10.1. The van der Waals surface area contributed by atoms with Gasteiger partial charge in [0.15, 0.2) is 0 Å². The Morgan fingerprint density at radius 1 is 1.35 bits per heavy atom. The molecule has 17 heavy (non-hydrogen) atoms. The summed E-state index contributed by atoms with van der Waals surface area (Å²) in [6, 6.07) is 0.382. The maximum absolute atomic E-state index is 11.7. The Bertz CT molecular complexity index is 283. The van der Waals surface area contributed by atoms with Gasteiger partial charge in [-0.05, 0) is 13.5 Å². The molecular formula is C11H20N2O4. The second-order valence-corrected chi connectivity index (χ2v) is 4.27. The lowest BCUT2D eigenvalue weighted by Crippen LogP contribution is -2.53. The van der Waals surface area contributed by atoms with Gasteiger partial charge in [-0.3, -0.25) is 9.69 Å². The van der Waals surface area contributed by atoms with E-state index in [1.54, 1.807) is 4.90 Å². The summed E-state index contributed by atoms with van der Waals surface area (Å²) in [7, 11) is 2.05. The van der Waals surface area contributed by atoms with E-state index in [0.717, 1.165) is 13.0 Å². The highest BCUT2D eigenvalue weighted by molar-refractivity contribution is 5.78. The topological polar surface area (TPSA) is 70.1 Å². The summed E-state index contributed by atoms with van der Waals surface area (Å²) in [5.41, 5.74) is 0. The van der Waals surface area contributed by atoms with Crippen molar-refractivity contribution in [3.63, 3.8) is 0 Å². The number of amides is 1. The number of hydrogen-bond acceptors (Lipinski definition) is 4. The van der Waals surface area contributed by atoms with Crippen LogP contribution in [-0.2, 0) is 14.3 Å². The van der Waals surface area contributed by atoms with Crippen LogP contribution in [0.4, 0.5) is 0 Å². The summed E-state index contributed by atoms with van der Waals surface area (Å²) >= 11 is 0. The van der Waals surface area contributed by atoms with E-state index in [0.29, 0.717) is 19.1 Å². The zero-order chi connectivity index (χ0) is 12.8. The SMILES string of the molecule is CCC1CN(C(=O)COCC(=O)O)CCN1C. The van der Waals surface area contributed by atoms with Crippen molar-refractivity contribution < 1.29 is 19.4 Å². The molecule has 0 aliphatic carbocycles. The maximum Gasteiger partial charge on any atom is 0.329 e. The van der Waals surface area contributed by atoms with Gasteiger partial charge >= 0.3 is 5.97 Å². The van der Waals surface area contributed by atoms with Crippen LogP contribution in [0, 0.1) is 0 Å². The molecule has 98 valence electrons. The van der Waals surface area contributed by atoms with E-state index in [1.165, 1.54) is 0 Å². The average Bonchev–Trinajstić information content (AvgIpc) is 2.29. The van der Waals surface area contributed by atoms with Crippen molar-refractivity contribution in [2.45, 2.75) is 19.4 Å². The lowest BCUT2D eigenvalue weighted by molar-refractivity contribution is -0.146. The van der Waals surface area contributed by atoms with Gasteiger partial charge in [0.05, 0.1) is 0 Å². The largest absolute Gasteiger partial charge is 0.480 e. The fourth-order valence-corrected chi connectivity index (χ4v) is 1.93. The van der Waals surface area contributed by atoms with E-state index in [9.17, 15) is 9.59 Å². The van der Waals surface area contributed by atoms with Crippen LogP contribution in [-0.4, -0.2) is 72.7 Å². The lowest BCUT2D eigenvalue weighted by Gasteiger charge is -2.39. The second kappa shape index (κ2) is 6.56. The molecule has 0 spiro atoms. The van der Waals surface area contributed by atoms with Crippen LogP contribution in [0.1, 0.15) is 13.3 Å². The molecule has 1 fully saturated rings. The van der Waals surface area contributed by atoms with Crippen LogP contribution >= 0.6 is 0 Å². The molecule has 1 saturated heterocycles. The molecule has 6 heteroatoms. The van der Waals surface area contributed by atoms with Gasteiger partial charge in [-0.25, -0.2) is 4.79 Å². The summed E-state index contributed by atoms with van der Waals surface area (Å²) in [5, 5.41) is 8.39. The monoisotopic (exact) mass is 244 g/mol. The molecular weight excluding hydrogens is 224 g/mol. The highest BCUT2D eigenvalue weighted by Crippen LogP contribution is 2.10. The van der Waals surface area contributed by atoms with Crippen molar-refractivity contribution in [3.8, 4) is 0 Å². The summed E-state index contributed by atoms with van der Waals surface area (Å²) in [4.78, 5) is 26.0. The predicted molar refractivity (Wildman–Crippen MR) is 61.7 cm³/mol. The number of carboxylic acid groups (broad SMARTS) is 1. The molecule has 0 bridgehead atoms. The summed E-state index contributed by atoms with van der Waals surface area (Å²) in [6.45, 7) is 3.76. The van der Waals surface area contributed by atoms with Crippen LogP contribution in [0.2, 0.25) is 0 Å². The van der Waals surface area contributed by atoms with E-state index in [1.807, 2.05) is 0 Å². The van der Waals surface area contributed by atoms with Gasteiger partial charge in [0.25, 0.3) is 0 Å². The number of rotatable bonds is 5. The Morgan fingerprint density at radius 3 is 2.65 bits per heavy atom. The summed E-state index contributed by atoms with van der Waals surface area (Å²) in [6.07, 6.45) is 0.996. The number of aliphatic carboxylic acids is 1. The van der Waals surface area contributed by atoms with Crippen molar-refractivity contribution >= 4 is 11.9 Å². The number of piperazine rings is 1. The van der Waals surface area contributed by atoms with Crippen LogP contribution in [0.25, 0.3) is 0 Å². The molecule has 0 aromatic carbocycles. The number of hydrogen-bond donors (Lipinski definition) is 1. The Hall–Kier alpha value is -1.14. The van der Waals surface area contributed by atoms with E-state index in [2.05, 4.69) is 18.9 Å². The van der Waals surface area contributed by atoms with Crippen LogP contribution in [0.3, 0.4) is 0 Å². The third-order valence-corrected chi connectivity index (χ3v) is 3.05. The molecule has 0 aromatic rings. The Kier molecular flexibility index (Phi) is 5.37. The minimum atomic E-state index is -1.05. The molecule has 1 atom stereocenters. The fourth-order valence-electron chi connectivity index (χ4n) is 1.93. The molecule has 1 amide bonds. The van der Waals surface area contributed by atoms with E-state index in [-0.39, 0.29) is 12.5 Å². The van der Waals surface area contributed by atoms with Gasteiger partial charge in [0.2, 0.25) is 5.91 Å². The average molecular weight is 244 g/mol. The number of nitrogens with zero attached hydrogens (tertiary/aromatic N) is 2. The zero-order valence-corrected chi connectivity index (χ0v) is 10.4. The molecule has 1 unspecified atom stereocenters. The number of likely N-dealkylation sites (N-methyl/N-ethyl adjacent to an activating group) is 1. The smallest absolute Gasteiger partial charge is 0.329 e. The first kappa shape index (κ1) is 13.9. The Morgan fingerprint density at radius 2 is 2.06 bits per heavy atom. The molecule has 1 aliphatic rings. The van der Waals surface area contributed by atoms with Crippen molar-refractivity contribution in [2.75, 3.05) is 39.9 Å². The van der Waals surface area contributed by atoms with E-state index in [4.69, 9.17) is 9.84 Å². The Balaban J connectivity index is 2.34. The third-order valence-electron chi connectivity index (χ3n) is 3.05. The van der Waals surface area contributed by atoms with Gasteiger partial charge in [-0.2, -0.15) is 0 Å². The Labute approximate surface area is 101 Å². The van der Waals surface area contributed by atoms with E-state index >= 15 is 0 Å². The summed E-state index contributed by atoms with van der Waals surface area (Å²) in [5.74, 6) is -1.18. The van der Waals surface area contributed by atoms with Crippen LogP contribution in [0.15, 0.2) is 0 Å². The van der Waals surface area contributed by atoms with Gasteiger partial charge < -0.3 is 14.7 Å². The van der Waals surface area contributed by atoms with Crippen molar-refractivity contribution in [3.05, 3.63) is 0 Å². The number of carbonyl (C=O) groups is 2. The van der Waals surface area contributed by atoms with Crippen molar-refractivity contribution in [1.82, 2.24) is 9.80 Å². The highest BCUT2D eigenvalue weighted by atomic mass is 16.5. The minimum Gasteiger partial charge on any atom is -0.480 e. The molecule has 6 nitrogen and oxygen atoms in total. The van der Waals surface area contributed by atoms with Crippen LogP contribution in [0.5, 0.6) is 0 Å². The third kappa shape index (κ3) is 4.32. The molecule has 1 heterocycles. The predicted octanol–water partition coefficient (Wildman–Crippen LogP) is -0.360. The maximum atomic E-state index is 11.7. The first-order chi connectivity index (χ1) is 8.04. The quantitative estimate of drug-likeness (QED) is 0.715. The van der Waals surface area contributed by atoms with Gasteiger partial charge in [0.1, 0.15) is 13.2 Å². The standard InChI is InChI=1S/C11H20N2O4/c1-3-9-6-13(5-4-12(9)2)10(14)7-17-8-11(15)16/h9H,3-8H2,1-2H3,(H,15,16). The molecule has 0 aromatic heterocycles. The number of carbonyl (C=O) groups excluding carboxylic acids is 1. The van der Waals surface area contributed by atoms with Crippen molar-refractivity contribution in [2.24, 2.45) is 0 Å². The summed E-state index contributed by atoms with van der Waals surface area (Å²) < 4.78 is 4.80. The molecule has 1 aliphatic heterocycles. The molecule has 1 N–H and O–H groups in total. The minimum absolute atomic E-state index is 0.127. The zero-order valence-electron chi connectivity index (χ0n) is 10.4.